The molecule has 140 valence electrons. The summed E-state index contributed by atoms with van der Waals surface area (Å²) in [6.07, 6.45) is 0. The van der Waals surface area contributed by atoms with Gasteiger partial charge >= 0.3 is 0 Å². The van der Waals surface area contributed by atoms with Crippen LogP contribution in [0.1, 0.15) is 23.0 Å². The molecule has 0 aliphatic carbocycles. The van der Waals surface area contributed by atoms with Gasteiger partial charge in [-0.15, -0.1) is 0 Å². The molecule has 2 aromatic carbocycles. The Morgan fingerprint density at radius 1 is 1.22 bits per heavy atom. The number of rotatable bonds is 5. The van der Waals surface area contributed by atoms with E-state index in [1.54, 1.807) is 56.6 Å². The number of amides is 1. The topological polar surface area (TPSA) is 64.4 Å². The number of fused-ring (bicyclic) bond motifs is 1. The van der Waals surface area contributed by atoms with Gasteiger partial charge in [0.15, 0.2) is 5.69 Å². The van der Waals surface area contributed by atoms with E-state index in [1.807, 2.05) is 6.92 Å². The molecule has 27 heavy (non-hydrogen) atoms. The van der Waals surface area contributed by atoms with Crippen molar-refractivity contribution in [1.29, 1.82) is 0 Å². The molecule has 1 amide bonds. The largest absolute Gasteiger partial charge is 0.496 e. The summed E-state index contributed by atoms with van der Waals surface area (Å²) in [5.74, 6) is 0.367. The van der Waals surface area contributed by atoms with Crippen LogP contribution in [-0.2, 0) is 13.1 Å². The number of aryl methyl sites for hydroxylation is 1. The van der Waals surface area contributed by atoms with Gasteiger partial charge in [-0.25, -0.2) is 4.68 Å². The van der Waals surface area contributed by atoms with E-state index in [0.29, 0.717) is 34.6 Å². The van der Waals surface area contributed by atoms with Crippen LogP contribution in [0.25, 0.3) is 10.8 Å². The third-order valence-corrected chi connectivity index (χ3v) is 4.60. The van der Waals surface area contributed by atoms with Crippen molar-refractivity contribution >= 4 is 28.3 Å². The molecule has 7 heteroatoms. The number of hydrogen-bond donors (Lipinski definition) is 0. The van der Waals surface area contributed by atoms with E-state index in [4.69, 9.17) is 16.3 Å². The summed E-state index contributed by atoms with van der Waals surface area (Å²) in [4.78, 5) is 27.1. The first-order valence-electron chi connectivity index (χ1n) is 8.54. The molecule has 0 saturated heterocycles. The SMILES string of the molecule is CCn1nc(C(=O)N(C)Cc2cc(Cl)ccc2OC)c2ccccc2c1=O. The lowest BCUT2D eigenvalue weighted by Gasteiger charge is -2.20. The zero-order valence-corrected chi connectivity index (χ0v) is 16.2. The highest BCUT2D eigenvalue weighted by Gasteiger charge is 2.20. The van der Waals surface area contributed by atoms with E-state index in [-0.39, 0.29) is 17.2 Å². The van der Waals surface area contributed by atoms with Crippen LogP contribution >= 0.6 is 11.6 Å². The smallest absolute Gasteiger partial charge is 0.274 e. The minimum absolute atomic E-state index is 0.205. The molecule has 0 spiro atoms. The van der Waals surface area contributed by atoms with Gasteiger partial charge in [-0.05, 0) is 31.2 Å². The average molecular weight is 386 g/mol. The maximum atomic E-state index is 13.1. The van der Waals surface area contributed by atoms with Crippen LogP contribution in [-0.4, -0.2) is 34.7 Å². The van der Waals surface area contributed by atoms with Crippen molar-refractivity contribution in [2.75, 3.05) is 14.2 Å². The number of carbonyl (C=O) groups excluding carboxylic acids is 1. The Morgan fingerprint density at radius 2 is 1.93 bits per heavy atom. The highest BCUT2D eigenvalue weighted by molar-refractivity contribution is 6.30. The second-order valence-corrected chi connectivity index (χ2v) is 6.57. The Hall–Kier alpha value is -2.86. The lowest BCUT2D eigenvalue weighted by atomic mass is 10.1. The van der Waals surface area contributed by atoms with Gasteiger partial charge in [-0.2, -0.15) is 5.10 Å². The van der Waals surface area contributed by atoms with E-state index >= 15 is 0 Å². The maximum absolute atomic E-state index is 13.1. The number of aromatic nitrogens is 2. The Labute approximate surface area is 161 Å². The zero-order chi connectivity index (χ0) is 19.6. The fourth-order valence-corrected chi connectivity index (χ4v) is 3.18. The van der Waals surface area contributed by atoms with Gasteiger partial charge in [-0.3, -0.25) is 9.59 Å². The summed E-state index contributed by atoms with van der Waals surface area (Å²) in [7, 11) is 3.25. The van der Waals surface area contributed by atoms with Gasteiger partial charge in [0.1, 0.15) is 5.75 Å². The number of methoxy groups -OCH3 is 1. The highest BCUT2D eigenvalue weighted by Crippen LogP contribution is 2.24. The average Bonchev–Trinajstić information content (AvgIpc) is 2.68. The summed E-state index contributed by atoms with van der Waals surface area (Å²) in [6.45, 7) is 2.50. The van der Waals surface area contributed by atoms with Crippen LogP contribution in [0.5, 0.6) is 5.75 Å². The molecule has 0 N–H and O–H groups in total. The third kappa shape index (κ3) is 3.66. The quantitative estimate of drug-likeness (QED) is 0.675. The molecule has 3 rings (SSSR count). The minimum Gasteiger partial charge on any atom is -0.496 e. The van der Waals surface area contributed by atoms with Gasteiger partial charge in [-0.1, -0.05) is 29.8 Å². The van der Waals surface area contributed by atoms with Gasteiger partial charge in [0.25, 0.3) is 11.5 Å². The predicted octanol–water partition coefficient (Wildman–Crippen LogP) is 3.35. The number of carbonyl (C=O) groups is 1. The molecule has 1 heterocycles. The molecular weight excluding hydrogens is 366 g/mol. The van der Waals surface area contributed by atoms with Gasteiger partial charge < -0.3 is 9.64 Å². The van der Waals surface area contributed by atoms with Crippen molar-refractivity contribution in [3.05, 3.63) is 69.1 Å². The number of hydrogen-bond acceptors (Lipinski definition) is 4. The van der Waals surface area contributed by atoms with Crippen LogP contribution < -0.4 is 10.3 Å². The van der Waals surface area contributed by atoms with Crippen LogP contribution in [0.15, 0.2) is 47.3 Å². The first-order chi connectivity index (χ1) is 13.0. The molecule has 0 bridgehead atoms. The summed E-state index contributed by atoms with van der Waals surface area (Å²) >= 11 is 6.08. The van der Waals surface area contributed by atoms with Gasteiger partial charge in [0.05, 0.1) is 12.5 Å². The van der Waals surface area contributed by atoms with E-state index in [9.17, 15) is 9.59 Å². The van der Waals surface area contributed by atoms with Crippen LogP contribution in [0.4, 0.5) is 0 Å². The fourth-order valence-electron chi connectivity index (χ4n) is 2.99. The van der Waals surface area contributed by atoms with E-state index in [0.717, 1.165) is 5.56 Å². The number of benzene rings is 2. The van der Waals surface area contributed by atoms with Crippen LogP contribution in [0, 0.1) is 0 Å². The number of halogens is 1. The molecule has 3 aromatic rings. The molecule has 0 atom stereocenters. The Bertz CT molecular complexity index is 1060. The standard InChI is InChI=1S/C20H20ClN3O3/c1-4-24-19(25)16-8-6-5-7-15(16)18(22-24)20(26)23(2)12-13-11-14(21)9-10-17(13)27-3/h5-11H,4,12H2,1-3H3. The predicted molar refractivity (Wildman–Crippen MR) is 105 cm³/mol. The van der Waals surface area contributed by atoms with Crippen molar-refractivity contribution in [2.45, 2.75) is 20.0 Å². The van der Waals surface area contributed by atoms with Gasteiger partial charge in [0.2, 0.25) is 0 Å². The number of ether oxygens (including phenoxy) is 1. The molecule has 0 radical (unpaired) electrons. The molecule has 6 nitrogen and oxygen atoms in total. The summed E-state index contributed by atoms with van der Waals surface area (Å²) in [5.41, 5.74) is 0.827. The molecular formula is C20H20ClN3O3. The Morgan fingerprint density at radius 3 is 2.59 bits per heavy atom. The maximum Gasteiger partial charge on any atom is 0.274 e. The Balaban J connectivity index is 2.02. The molecule has 0 fully saturated rings. The molecule has 1 aromatic heterocycles. The summed E-state index contributed by atoms with van der Waals surface area (Å²) < 4.78 is 6.66. The third-order valence-electron chi connectivity index (χ3n) is 4.37. The van der Waals surface area contributed by atoms with Crippen LogP contribution in [0.3, 0.4) is 0 Å². The molecule has 0 unspecified atom stereocenters. The fraction of sp³-hybridized carbons (Fsp3) is 0.250. The zero-order valence-electron chi connectivity index (χ0n) is 15.4. The van der Waals surface area contributed by atoms with E-state index in [1.165, 1.54) is 9.58 Å². The minimum atomic E-state index is -0.282. The first-order valence-corrected chi connectivity index (χ1v) is 8.91. The van der Waals surface area contributed by atoms with Crippen molar-refractivity contribution in [1.82, 2.24) is 14.7 Å². The second kappa shape index (κ2) is 7.80. The van der Waals surface area contributed by atoms with Crippen molar-refractivity contribution in [2.24, 2.45) is 0 Å². The second-order valence-electron chi connectivity index (χ2n) is 6.13. The molecule has 0 aliphatic heterocycles. The highest BCUT2D eigenvalue weighted by atomic mass is 35.5. The number of nitrogens with zero attached hydrogens (tertiary/aromatic N) is 3. The lowest BCUT2D eigenvalue weighted by Crippen LogP contribution is -2.31. The van der Waals surface area contributed by atoms with Crippen molar-refractivity contribution in [3.8, 4) is 5.75 Å². The Kier molecular flexibility index (Phi) is 5.46. The van der Waals surface area contributed by atoms with Crippen molar-refractivity contribution in [3.63, 3.8) is 0 Å². The summed E-state index contributed by atoms with van der Waals surface area (Å²) in [6, 6.07) is 12.3. The van der Waals surface area contributed by atoms with E-state index in [2.05, 4.69) is 5.10 Å². The first kappa shape index (κ1) is 18.9. The van der Waals surface area contributed by atoms with Crippen LogP contribution in [0.2, 0.25) is 5.02 Å². The van der Waals surface area contributed by atoms with Crippen molar-refractivity contribution < 1.29 is 9.53 Å². The van der Waals surface area contributed by atoms with Gasteiger partial charge in [0, 0.05) is 36.1 Å². The molecule has 0 aliphatic rings. The molecule has 0 saturated carbocycles. The lowest BCUT2D eigenvalue weighted by molar-refractivity contribution is 0.0778. The normalized spacial score (nSPS) is 10.8. The monoisotopic (exact) mass is 385 g/mol. The van der Waals surface area contributed by atoms with E-state index < -0.39 is 0 Å². The summed E-state index contributed by atoms with van der Waals surface area (Å²) in [5, 5.41) is 5.88.